The van der Waals surface area contributed by atoms with Crippen LogP contribution in [0.25, 0.3) is 11.3 Å². The summed E-state index contributed by atoms with van der Waals surface area (Å²) in [6, 6.07) is 8.43. The molecule has 0 saturated heterocycles. The minimum absolute atomic E-state index is 0.275. The van der Waals surface area contributed by atoms with E-state index in [0.717, 1.165) is 30.9 Å². The Bertz CT molecular complexity index is 559. The van der Waals surface area contributed by atoms with Crippen LogP contribution in [-0.4, -0.2) is 21.3 Å². The van der Waals surface area contributed by atoms with Gasteiger partial charge in [-0.15, -0.1) is 0 Å². The Morgan fingerprint density at radius 1 is 1.44 bits per heavy atom. The smallest absolute Gasteiger partial charge is 0.109 e. The van der Waals surface area contributed by atoms with Gasteiger partial charge in [-0.3, -0.25) is 0 Å². The minimum atomic E-state index is 0.275. The largest absolute Gasteiger partial charge is 0.396 e. The number of fused-ring (bicyclic) bond motifs is 1. The molecule has 1 aromatic heterocycles. The van der Waals surface area contributed by atoms with Crippen LogP contribution in [0, 0.1) is 12.8 Å². The fourth-order valence-electron chi connectivity index (χ4n) is 2.61. The van der Waals surface area contributed by atoms with E-state index < -0.39 is 0 Å². The van der Waals surface area contributed by atoms with Gasteiger partial charge >= 0.3 is 0 Å². The van der Waals surface area contributed by atoms with E-state index in [2.05, 4.69) is 42.0 Å². The number of rotatable bonds is 2. The van der Waals surface area contributed by atoms with Crippen LogP contribution in [0.2, 0.25) is 0 Å². The van der Waals surface area contributed by atoms with Crippen molar-refractivity contribution in [2.24, 2.45) is 5.92 Å². The Balaban J connectivity index is 1.94. The lowest BCUT2D eigenvalue weighted by molar-refractivity contribution is 0.190. The van der Waals surface area contributed by atoms with Gasteiger partial charge in [0.15, 0.2) is 0 Å². The van der Waals surface area contributed by atoms with Crippen LogP contribution in [0.15, 0.2) is 30.5 Å². The zero-order valence-electron chi connectivity index (χ0n) is 10.6. The number of aromatic nitrogens is 2. The molecule has 1 aliphatic rings. The maximum absolute atomic E-state index is 9.24. The van der Waals surface area contributed by atoms with Gasteiger partial charge in [0.1, 0.15) is 5.82 Å². The van der Waals surface area contributed by atoms with Gasteiger partial charge < -0.3 is 9.67 Å². The number of nitrogens with zero attached hydrogens (tertiary/aromatic N) is 2. The summed E-state index contributed by atoms with van der Waals surface area (Å²) in [5.41, 5.74) is 3.48. The third-order valence-electron chi connectivity index (χ3n) is 3.66. The van der Waals surface area contributed by atoms with Crippen LogP contribution in [0.3, 0.4) is 0 Å². The van der Waals surface area contributed by atoms with Crippen molar-refractivity contribution in [1.29, 1.82) is 0 Å². The minimum Gasteiger partial charge on any atom is -0.396 e. The molecular weight excluding hydrogens is 224 g/mol. The zero-order valence-corrected chi connectivity index (χ0v) is 10.6. The Kier molecular flexibility index (Phi) is 2.92. The first kappa shape index (κ1) is 11.5. The second-order valence-electron chi connectivity index (χ2n) is 5.15. The molecule has 1 aromatic carbocycles. The predicted octanol–water partition coefficient (Wildman–Crippen LogP) is 2.41. The predicted molar refractivity (Wildman–Crippen MR) is 71.3 cm³/mol. The van der Waals surface area contributed by atoms with Crippen LogP contribution >= 0.6 is 0 Å². The molecule has 0 radical (unpaired) electrons. The molecule has 0 spiro atoms. The van der Waals surface area contributed by atoms with Crippen molar-refractivity contribution < 1.29 is 5.11 Å². The summed E-state index contributed by atoms with van der Waals surface area (Å²) in [6.45, 7) is 3.27. The van der Waals surface area contributed by atoms with Gasteiger partial charge in [-0.2, -0.15) is 0 Å². The summed E-state index contributed by atoms with van der Waals surface area (Å²) in [5, 5.41) is 9.24. The Labute approximate surface area is 107 Å². The van der Waals surface area contributed by atoms with E-state index in [1.807, 2.05) is 0 Å². The van der Waals surface area contributed by atoms with E-state index in [1.165, 1.54) is 11.1 Å². The van der Waals surface area contributed by atoms with Gasteiger partial charge in [0, 0.05) is 37.3 Å². The van der Waals surface area contributed by atoms with Crippen molar-refractivity contribution in [2.45, 2.75) is 26.3 Å². The molecule has 2 heterocycles. The van der Waals surface area contributed by atoms with E-state index >= 15 is 0 Å². The molecule has 0 amide bonds. The molecule has 1 N–H and O–H groups in total. The summed E-state index contributed by atoms with van der Waals surface area (Å²) in [4.78, 5) is 4.71. The summed E-state index contributed by atoms with van der Waals surface area (Å²) in [6.07, 6.45) is 4.13. The molecule has 1 unspecified atom stereocenters. The quantitative estimate of drug-likeness (QED) is 0.878. The van der Waals surface area contributed by atoms with E-state index in [0.29, 0.717) is 5.92 Å². The molecule has 0 saturated carbocycles. The fourth-order valence-corrected chi connectivity index (χ4v) is 2.61. The third kappa shape index (κ3) is 2.06. The molecule has 1 atom stereocenters. The first-order valence-electron chi connectivity index (χ1n) is 6.50. The van der Waals surface area contributed by atoms with Gasteiger partial charge in [0.05, 0.1) is 5.69 Å². The maximum atomic E-state index is 9.24. The Hall–Kier alpha value is -1.61. The molecule has 18 heavy (non-hydrogen) atoms. The topological polar surface area (TPSA) is 38.0 Å². The van der Waals surface area contributed by atoms with Crippen molar-refractivity contribution in [3.63, 3.8) is 0 Å². The van der Waals surface area contributed by atoms with Crippen molar-refractivity contribution in [1.82, 2.24) is 9.55 Å². The average Bonchev–Trinajstić information content (AvgIpc) is 2.81. The molecule has 0 fully saturated rings. The third-order valence-corrected chi connectivity index (χ3v) is 3.66. The van der Waals surface area contributed by atoms with Gasteiger partial charge in [0.25, 0.3) is 0 Å². The van der Waals surface area contributed by atoms with Crippen LogP contribution in [0.4, 0.5) is 0 Å². The van der Waals surface area contributed by atoms with Crippen molar-refractivity contribution in [2.75, 3.05) is 6.61 Å². The second kappa shape index (κ2) is 4.58. The van der Waals surface area contributed by atoms with Gasteiger partial charge in [-0.25, -0.2) is 4.98 Å². The molecule has 1 aliphatic heterocycles. The number of aliphatic hydroxyl groups excluding tert-OH is 1. The van der Waals surface area contributed by atoms with Crippen LogP contribution in [0.1, 0.15) is 17.8 Å². The number of benzene rings is 1. The number of aryl methyl sites for hydroxylation is 2. The lowest BCUT2D eigenvalue weighted by Crippen LogP contribution is -2.22. The van der Waals surface area contributed by atoms with E-state index in [1.54, 1.807) is 0 Å². The molecule has 3 heteroatoms. The van der Waals surface area contributed by atoms with E-state index in [4.69, 9.17) is 4.98 Å². The SMILES string of the molecule is Cc1cccc(-c2cn3c(n2)CCC(CO)C3)c1. The monoisotopic (exact) mass is 242 g/mol. The molecule has 0 aliphatic carbocycles. The highest BCUT2D eigenvalue weighted by atomic mass is 16.3. The van der Waals surface area contributed by atoms with Gasteiger partial charge in [-0.1, -0.05) is 23.8 Å². The maximum Gasteiger partial charge on any atom is 0.109 e. The van der Waals surface area contributed by atoms with Gasteiger partial charge in [0.2, 0.25) is 0 Å². The summed E-state index contributed by atoms with van der Waals surface area (Å²) in [7, 11) is 0. The average molecular weight is 242 g/mol. The number of hydrogen-bond donors (Lipinski definition) is 1. The molecule has 94 valence electrons. The summed E-state index contributed by atoms with van der Waals surface area (Å²) >= 11 is 0. The van der Waals surface area contributed by atoms with E-state index in [9.17, 15) is 5.11 Å². The lowest BCUT2D eigenvalue weighted by atomic mass is 10.0. The molecule has 3 nitrogen and oxygen atoms in total. The summed E-state index contributed by atoms with van der Waals surface area (Å²) < 4.78 is 2.20. The lowest BCUT2D eigenvalue weighted by Gasteiger charge is -2.21. The highest BCUT2D eigenvalue weighted by molar-refractivity contribution is 5.59. The number of imidazole rings is 1. The van der Waals surface area contributed by atoms with Gasteiger partial charge in [-0.05, 0) is 19.4 Å². The van der Waals surface area contributed by atoms with E-state index in [-0.39, 0.29) is 6.61 Å². The first-order valence-corrected chi connectivity index (χ1v) is 6.50. The fraction of sp³-hybridized carbons (Fsp3) is 0.400. The Morgan fingerprint density at radius 2 is 2.33 bits per heavy atom. The highest BCUT2D eigenvalue weighted by Gasteiger charge is 2.19. The summed E-state index contributed by atoms with van der Waals surface area (Å²) in [5.74, 6) is 1.54. The van der Waals surface area contributed by atoms with Crippen LogP contribution in [0.5, 0.6) is 0 Å². The molecule has 3 rings (SSSR count). The first-order chi connectivity index (χ1) is 8.76. The Morgan fingerprint density at radius 3 is 3.11 bits per heavy atom. The molecule has 0 bridgehead atoms. The highest BCUT2D eigenvalue weighted by Crippen LogP contribution is 2.25. The van der Waals surface area contributed by atoms with Crippen molar-refractivity contribution in [3.8, 4) is 11.3 Å². The molecule has 2 aromatic rings. The zero-order chi connectivity index (χ0) is 12.5. The second-order valence-corrected chi connectivity index (χ2v) is 5.15. The standard InChI is InChI=1S/C15H18N2O/c1-11-3-2-4-13(7-11)14-9-17-8-12(10-18)5-6-15(17)16-14/h2-4,7,9,12,18H,5-6,8,10H2,1H3. The number of hydrogen-bond acceptors (Lipinski definition) is 2. The van der Waals surface area contributed by atoms with Crippen LogP contribution < -0.4 is 0 Å². The van der Waals surface area contributed by atoms with Crippen LogP contribution in [-0.2, 0) is 13.0 Å². The normalized spacial score (nSPS) is 18.7. The number of aliphatic hydroxyl groups is 1. The van der Waals surface area contributed by atoms with Crippen molar-refractivity contribution >= 4 is 0 Å². The molecular formula is C15H18N2O. The van der Waals surface area contributed by atoms with Crippen molar-refractivity contribution in [3.05, 3.63) is 41.9 Å².